The molecule has 0 fully saturated rings. The van der Waals surface area contributed by atoms with Crippen LogP contribution < -0.4 is 5.32 Å². The van der Waals surface area contributed by atoms with Gasteiger partial charge in [-0.15, -0.1) is 0 Å². The molecule has 4 heteroatoms. The molecule has 2 N–H and O–H groups in total. The quantitative estimate of drug-likeness (QED) is 0.754. The van der Waals surface area contributed by atoms with Gasteiger partial charge in [0.15, 0.2) is 0 Å². The van der Waals surface area contributed by atoms with Crippen molar-refractivity contribution in [1.29, 1.82) is 0 Å². The number of rotatable bonds is 6. The third-order valence-corrected chi connectivity index (χ3v) is 2.20. The minimum atomic E-state index is -0.379. The topological polar surface area (TPSA) is 35.5 Å². The summed E-state index contributed by atoms with van der Waals surface area (Å²) >= 11 is 0. The van der Waals surface area contributed by atoms with E-state index in [4.69, 9.17) is 0 Å². The lowest BCUT2D eigenvalue weighted by Gasteiger charge is -2.16. The van der Waals surface area contributed by atoms with Crippen molar-refractivity contribution >= 4 is 0 Å². The maximum Gasteiger partial charge on any atom is 0.123 e. The maximum atomic E-state index is 12.6. The Labute approximate surface area is 95.9 Å². The molecular weight excluding hydrogens is 207 g/mol. The van der Waals surface area contributed by atoms with Crippen molar-refractivity contribution in [3.63, 3.8) is 0 Å². The second-order valence-corrected chi connectivity index (χ2v) is 4.17. The summed E-state index contributed by atoms with van der Waals surface area (Å²) in [6.45, 7) is 1.82. The Bertz CT molecular complexity index is 300. The molecule has 0 aliphatic rings. The molecule has 0 saturated carbocycles. The van der Waals surface area contributed by atoms with E-state index < -0.39 is 0 Å². The fraction of sp³-hybridized carbons (Fsp3) is 0.500. The average Bonchev–Trinajstić information content (AvgIpc) is 2.20. The standard InChI is InChI=1S/C12H19FN2O/c1-15(2)9-12(16)8-14-7-10-3-5-11(13)6-4-10/h3-6,12,14,16H,7-9H2,1-2H3. The Morgan fingerprint density at radius 3 is 2.50 bits per heavy atom. The first kappa shape index (κ1) is 13.1. The summed E-state index contributed by atoms with van der Waals surface area (Å²) in [4.78, 5) is 1.93. The van der Waals surface area contributed by atoms with Gasteiger partial charge in [-0.2, -0.15) is 0 Å². The highest BCUT2D eigenvalue weighted by Crippen LogP contribution is 2.01. The highest BCUT2D eigenvalue weighted by atomic mass is 19.1. The van der Waals surface area contributed by atoms with Crippen LogP contribution in [0.3, 0.4) is 0 Å². The van der Waals surface area contributed by atoms with Crippen LogP contribution in [-0.4, -0.2) is 43.3 Å². The van der Waals surface area contributed by atoms with Crippen LogP contribution >= 0.6 is 0 Å². The summed E-state index contributed by atoms with van der Waals surface area (Å²) in [7, 11) is 3.84. The van der Waals surface area contributed by atoms with Gasteiger partial charge in [0.25, 0.3) is 0 Å². The Hall–Kier alpha value is -0.970. The van der Waals surface area contributed by atoms with E-state index in [0.717, 1.165) is 5.56 Å². The lowest BCUT2D eigenvalue weighted by molar-refractivity contribution is 0.134. The molecule has 0 amide bonds. The molecule has 0 bridgehead atoms. The van der Waals surface area contributed by atoms with Crippen LogP contribution in [-0.2, 0) is 6.54 Å². The number of likely N-dealkylation sites (N-methyl/N-ethyl adjacent to an activating group) is 1. The van der Waals surface area contributed by atoms with Crippen LogP contribution in [0.5, 0.6) is 0 Å². The number of nitrogens with zero attached hydrogens (tertiary/aromatic N) is 1. The van der Waals surface area contributed by atoms with Gasteiger partial charge in [0.2, 0.25) is 0 Å². The third-order valence-electron chi connectivity index (χ3n) is 2.20. The SMILES string of the molecule is CN(C)CC(O)CNCc1ccc(F)cc1. The molecule has 0 saturated heterocycles. The van der Waals surface area contributed by atoms with Gasteiger partial charge in [0, 0.05) is 19.6 Å². The van der Waals surface area contributed by atoms with Crippen LogP contribution in [0.4, 0.5) is 4.39 Å². The predicted molar refractivity (Wildman–Crippen MR) is 62.7 cm³/mol. The first-order valence-electron chi connectivity index (χ1n) is 5.36. The molecule has 1 rings (SSSR count). The molecule has 1 unspecified atom stereocenters. The zero-order chi connectivity index (χ0) is 12.0. The van der Waals surface area contributed by atoms with E-state index in [0.29, 0.717) is 19.6 Å². The number of halogens is 1. The molecule has 1 aromatic rings. The zero-order valence-electron chi connectivity index (χ0n) is 9.78. The Balaban J connectivity index is 2.22. The molecule has 0 aliphatic heterocycles. The Morgan fingerprint density at radius 1 is 1.31 bits per heavy atom. The van der Waals surface area contributed by atoms with Crippen LogP contribution in [0.1, 0.15) is 5.56 Å². The summed E-state index contributed by atoms with van der Waals surface area (Å²) in [5.41, 5.74) is 1.01. The van der Waals surface area contributed by atoms with E-state index in [1.54, 1.807) is 12.1 Å². The van der Waals surface area contributed by atoms with Crippen molar-refractivity contribution in [2.45, 2.75) is 12.6 Å². The van der Waals surface area contributed by atoms with Gasteiger partial charge in [-0.25, -0.2) is 4.39 Å². The van der Waals surface area contributed by atoms with Gasteiger partial charge < -0.3 is 15.3 Å². The van der Waals surface area contributed by atoms with E-state index >= 15 is 0 Å². The molecule has 3 nitrogen and oxygen atoms in total. The predicted octanol–water partition coefficient (Wildman–Crippen LogP) is 0.838. The lowest BCUT2D eigenvalue weighted by Crippen LogP contribution is -2.34. The van der Waals surface area contributed by atoms with Gasteiger partial charge >= 0.3 is 0 Å². The number of hydrogen-bond donors (Lipinski definition) is 2. The summed E-state index contributed by atoms with van der Waals surface area (Å²) in [6, 6.07) is 6.35. The molecule has 0 spiro atoms. The molecule has 16 heavy (non-hydrogen) atoms. The van der Waals surface area contributed by atoms with E-state index in [1.807, 2.05) is 19.0 Å². The maximum absolute atomic E-state index is 12.6. The Morgan fingerprint density at radius 2 is 1.94 bits per heavy atom. The minimum Gasteiger partial charge on any atom is -0.390 e. The molecule has 0 radical (unpaired) electrons. The first-order chi connectivity index (χ1) is 7.58. The molecular formula is C12H19FN2O. The van der Waals surface area contributed by atoms with E-state index in [1.165, 1.54) is 12.1 Å². The third kappa shape index (κ3) is 5.21. The van der Waals surface area contributed by atoms with Crippen LogP contribution in [0.25, 0.3) is 0 Å². The number of hydrogen-bond acceptors (Lipinski definition) is 3. The van der Waals surface area contributed by atoms with E-state index in [2.05, 4.69) is 5.32 Å². The van der Waals surface area contributed by atoms with E-state index in [-0.39, 0.29) is 11.9 Å². The van der Waals surface area contributed by atoms with Crippen LogP contribution in [0.2, 0.25) is 0 Å². The summed E-state index contributed by atoms with van der Waals surface area (Å²) in [5, 5.41) is 12.7. The van der Waals surface area contributed by atoms with Crippen molar-refractivity contribution < 1.29 is 9.50 Å². The fourth-order valence-electron chi connectivity index (χ4n) is 1.47. The highest BCUT2D eigenvalue weighted by Gasteiger charge is 2.04. The molecule has 0 heterocycles. The molecule has 1 atom stereocenters. The van der Waals surface area contributed by atoms with Crippen molar-refractivity contribution in [2.24, 2.45) is 0 Å². The normalized spacial score (nSPS) is 13.1. The van der Waals surface area contributed by atoms with Gasteiger partial charge in [0.1, 0.15) is 5.82 Å². The van der Waals surface area contributed by atoms with Crippen LogP contribution in [0.15, 0.2) is 24.3 Å². The van der Waals surface area contributed by atoms with E-state index in [9.17, 15) is 9.50 Å². The van der Waals surface area contributed by atoms with Crippen LogP contribution in [0, 0.1) is 5.82 Å². The molecule has 1 aromatic carbocycles. The first-order valence-corrected chi connectivity index (χ1v) is 5.36. The van der Waals surface area contributed by atoms with Gasteiger partial charge in [-0.1, -0.05) is 12.1 Å². The van der Waals surface area contributed by atoms with Crippen molar-refractivity contribution in [2.75, 3.05) is 27.2 Å². The number of aliphatic hydroxyl groups excluding tert-OH is 1. The van der Waals surface area contributed by atoms with Gasteiger partial charge in [-0.3, -0.25) is 0 Å². The molecule has 0 aliphatic carbocycles. The smallest absolute Gasteiger partial charge is 0.123 e. The second-order valence-electron chi connectivity index (χ2n) is 4.17. The van der Waals surface area contributed by atoms with Gasteiger partial charge in [0.05, 0.1) is 6.10 Å². The average molecular weight is 226 g/mol. The largest absolute Gasteiger partial charge is 0.390 e. The number of aliphatic hydroxyl groups is 1. The number of benzene rings is 1. The minimum absolute atomic E-state index is 0.226. The summed E-state index contributed by atoms with van der Waals surface area (Å²) in [5.74, 6) is -0.226. The van der Waals surface area contributed by atoms with Crippen molar-refractivity contribution in [3.8, 4) is 0 Å². The van der Waals surface area contributed by atoms with Crippen molar-refractivity contribution in [1.82, 2.24) is 10.2 Å². The second kappa shape index (κ2) is 6.58. The summed E-state index contributed by atoms with van der Waals surface area (Å²) in [6.07, 6.45) is -0.379. The Kier molecular flexibility index (Phi) is 5.38. The van der Waals surface area contributed by atoms with Crippen molar-refractivity contribution in [3.05, 3.63) is 35.6 Å². The molecule has 0 aromatic heterocycles. The van der Waals surface area contributed by atoms with Gasteiger partial charge in [-0.05, 0) is 31.8 Å². The highest BCUT2D eigenvalue weighted by molar-refractivity contribution is 5.15. The zero-order valence-corrected chi connectivity index (χ0v) is 9.78. The lowest BCUT2D eigenvalue weighted by atomic mass is 10.2. The summed E-state index contributed by atoms with van der Waals surface area (Å²) < 4.78 is 12.6. The fourth-order valence-corrected chi connectivity index (χ4v) is 1.47. The molecule has 90 valence electrons. The number of nitrogens with one attached hydrogen (secondary N) is 1. The monoisotopic (exact) mass is 226 g/mol.